The Bertz CT molecular complexity index is 1050. The van der Waals surface area contributed by atoms with E-state index in [0.29, 0.717) is 11.6 Å². The van der Waals surface area contributed by atoms with Crippen LogP contribution >= 0.6 is 0 Å². The molecule has 1 aromatic carbocycles. The first-order valence-corrected chi connectivity index (χ1v) is 10.7. The van der Waals surface area contributed by atoms with Crippen molar-refractivity contribution in [2.24, 2.45) is 0 Å². The van der Waals surface area contributed by atoms with E-state index >= 15 is 0 Å². The molecule has 1 aliphatic rings. The Labute approximate surface area is 172 Å². The van der Waals surface area contributed by atoms with Crippen molar-refractivity contribution in [3.8, 4) is 0 Å². The van der Waals surface area contributed by atoms with Crippen molar-refractivity contribution in [1.82, 2.24) is 14.7 Å². The molecule has 30 heavy (non-hydrogen) atoms. The minimum absolute atomic E-state index is 0.193. The highest BCUT2D eigenvalue weighted by atomic mass is 32.2. The molecule has 0 radical (unpaired) electrons. The van der Waals surface area contributed by atoms with Crippen LogP contribution in [0.2, 0.25) is 0 Å². The molecule has 2 heterocycles. The van der Waals surface area contributed by atoms with Crippen LogP contribution in [0.25, 0.3) is 0 Å². The number of hydrogen-bond acceptors (Lipinski definition) is 9. The Kier molecular flexibility index (Phi) is 6.22. The van der Waals surface area contributed by atoms with Crippen molar-refractivity contribution < 1.29 is 18.3 Å². The molecule has 13 heteroatoms. The van der Waals surface area contributed by atoms with Gasteiger partial charge in [0.25, 0.3) is 11.4 Å². The Balaban J connectivity index is 1.84. The molecule has 1 N–H and O–H groups in total. The molecule has 12 nitrogen and oxygen atoms in total. The number of nitrogens with one attached hydrogen (secondary N) is 1. The second-order valence-electron chi connectivity index (χ2n) is 6.82. The largest absolute Gasteiger partial charge is 0.341 e. The van der Waals surface area contributed by atoms with E-state index in [1.54, 1.807) is 6.07 Å². The van der Waals surface area contributed by atoms with Crippen LogP contribution in [0.1, 0.15) is 30.5 Å². The number of rotatable bonds is 7. The summed E-state index contributed by atoms with van der Waals surface area (Å²) in [5, 5.41) is 22.4. The predicted molar refractivity (Wildman–Crippen MR) is 107 cm³/mol. The average molecular weight is 436 g/mol. The summed E-state index contributed by atoms with van der Waals surface area (Å²) in [7, 11) is -4.26. The van der Waals surface area contributed by atoms with Crippen LogP contribution in [0.4, 0.5) is 17.3 Å². The van der Waals surface area contributed by atoms with Gasteiger partial charge in [-0.3, -0.25) is 20.2 Å². The van der Waals surface area contributed by atoms with Gasteiger partial charge in [0.15, 0.2) is 0 Å². The summed E-state index contributed by atoms with van der Waals surface area (Å²) >= 11 is 0. The lowest BCUT2D eigenvalue weighted by Gasteiger charge is -2.26. The Morgan fingerprint density at radius 2 is 1.70 bits per heavy atom. The molecule has 1 saturated heterocycles. The Morgan fingerprint density at radius 1 is 1.10 bits per heavy atom. The van der Waals surface area contributed by atoms with E-state index in [0.717, 1.165) is 44.5 Å². The molecule has 0 bridgehead atoms. The molecule has 0 aliphatic carbocycles. The second kappa shape index (κ2) is 8.67. The van der Waals surface area contributed by atoms with Gasteiger partial charge in [0.1, 0.15) is 5.56 Å². The zero-order valence-corrected chi connectivity index (χ0v) is 17.0. The van der Waals surface area contributed by atoms with Crippen LogP contribution in [0.3, 0.4) is 0 Å². The van der Waals surface area contributed by atoms with Gasteiger partial charge in [0, 0.05) is 31.4 Å². The Morgan fingerprint density at radius 3 is 2.27 bits per heavy atom. The normalized spacial score (nSPS) is 14.5. The van der Waals surface area contributed by atoms with Crippen LogP contribution in [-0.2, 0) is 16.6 Å². The Hall–Kier alpha value is -3.19. The van der Waals surface area contributed by atoms with Gasteiger partial charge in [-0.2, -0.15) is 0 Å². The number of sulfonamides is 1. The van der Waals surface area contributed by atoms with Crippen LogP contribution < -0.4 is 9.62 Å². The molecule has 1 aromatic heterocycles. The fourth-order valence-corrected chi connectivity index (χ4v) is 4.21. The first-order valence-electron chi connectivity index (χ1n) is 9.19. The maximum absolute atomic E-state index is 12.6. The lowest BCUT2D eigenvalue weighted by Crippen LogP contribution is -2.31. The van der Waals surface area contributed by atoms with Gasteiger partial charge in [-0.05, 0) is 32.3 Å². The van der Waals surface area contributed by atoms with Gasteiger partial charge in [-0.25, -0.2) is 23.1 Å². The van der Waals surface area contributed by atoms with Gasteiger partial charge in [-0.1, -0.05) is 0 Å². The SMILES string of the molecule is Cc1c([N+](=O)[O-])cc(S(=O)(=O)NCc2ccnc(N3CCCCC3)n2)cc1[N+](=O)[O-]. The monoisotopic (exact) mass is 436 g/mol. The highest BCUT2D eigenvalue weighted by molar-refractivity contribution is 7.89. The lowest BCUT2D eigenvalue weighted by molar-refractivity contribution is -0.395. The van der Waals surface area contributed by atoms with E-state index in [9.17, 15) is 28.6 Å². The maximum Gasteiger partial charge on any atom is 0.280 e. The molecular weight excluding hydrogens is 416 g/mol. The number of piperidine rings is 1. The number of nitrogens with zero attached hydrogens (tertiary/aromatic N) is 5. The van der Waals surface area contributed by atoms with Crippen LogP contribution in [-0.4, -0.2) is 41.3 Å². The zero-order valence-electron chi connectivity index (χ0n) is 16.1. The van der Waals surface area contributed by atoms with E-state index in [1.807, 2.05) is 4.90 Å². The highest BCUT2D eigenvalue weighted by Gasteiger charge is 2.28. The molecule has 2 aromatic rings. The molecule has 1 fully saturated rings. The predicted octanol–water partition coefficient (Wildman–Crippen LogP) is 2.07. The number of anilines is 1. The maximum atomic E-state index is 12.6. The number of aromatic nitrogens is 2. The van der Waals surface area contributed by atoms with E-state index < -0.39 is 36.1 Å². The van der Waals surface area contributed by atoms with E-state index in [2.05, 4.69) is 14.7 Å². The summed E-state index contributed by atoms with van der Waals surface area (Å²) in [4.78, 5) is 30.7. The smallest absolute Gasteiger partial charge is 0.280 e. The second-order valence-corrected chi connectivity index (χ2v) is 8.59. The van der Waals surface area contributed by atoms with Gasteiger partial charge < -0.3 is 4.90 Å². The summed E-state index contributed by atoms with van der Waals surface area (Å²) in [6.07, 6.45) is 4.74. The van der Waals surface area contributed by atoms with Crippen molar-refractivity contribution in [3.63, 3.8) is 0 Å². The minimum Gasteiger partial charge on any atom is -0.341 e. The number of hydrogen-bond donors (Lipinski definition) is 1. The van der Waals surface area contributed by atoms with E-state index in [4.69, 9.17) is 0 Å². The first-order chi connectivity index (χ1) is 14.2. The molecule has 0 spiro atoms. The van der Waals surface area contributed by atoms with Crippen molar-refractivity contribution in [2.45, 2.75) is 37.6 Å². The molecule has 0 saturated carbocycles. The number of nitro groups is 2. The highest BCUT2D eigenvalue weighted by Crippen LogP contribution is 2.31. The molecule has 160 valence electrons. The summed E-state index contributed by atoms with van der Waals surface area (Å²) in [5.41, 5.74) is -1.09. The van der Waals surface area contributed by atoms with Crippen LogP contribution in [0.5, 0.6) is 0 Å². The fraction of sp³-hybridized carbons (Fsp3) is 0.412. The van der Waals surface area contributed by atoms with Crippen molar-refractivity contribution >= 4 is 27.3 Å². The molecule has 3 rings (SSSR count). The average Bonchev–Trinajstić information content (AvgIpc) is 2.73. The summed E-state index contributed by atoms with van der Waals surface area (Å²) in [5.74, 6) is 0.507. The van der Waals surface area contributed by atoms with Crippen molar-refractivity contribution in [2.75, 3.05) is 18.0 Å². The third-order valence-electron chi connectivity index (χ3n) is 4.81. The quantitative estimate of drug-likeness (QED) is 0.506. The van der Waals surface area contributed by atoms with Crippen LogP contribution in [0.15, 0.2) is 29.3 Å². The summed E-state index contributed by atoms with van der Waals surface area (Å²) < 4.78 is 27.6. The summed E-state index contributed by atoms with van der Waals surface area (Å²) in [6.45, 7) is 2.65. The van der Waals surface area contributed by atoms with E-state index in [1.165, 1.54) is 13.1 Å². The number of nitro benzene ring substituents is 2. The van der Waals surface area contributed by atoms with Crippen molar-refractivity contribution in [1.29, 1.82) is 0 Å². The molecular formula is C17H20N6O6S. The van der Waals surface area contributed by atoms with Crippen LogP contribution in [0, 0.1) is 27.2 Å². The summed E-state index contributed by atoms with van der Waals surface area (Å²) in [6, 6.07) is 3.17. The van der Waals surface area contributed by atoms with Crippen molar-refractivity contribution in [3.05, 3.63) is 55.9 Å². The standard InChI is InChI=1S/C17H20N6O6S/c1-12-15(22(24)25)9-14(10-16(12)23(26)27)30(28,29)19-11-13-5-6-18-17(20-13)21-7-3-2-4-8-21/h5-6,9-10,19H,2-4,7-8,11H2,1H3. The zero-order chi connectivity index (χ0) is 21.9. The van der Waals surface area contributed by atoms with Gasteiger partial charge in [0.2, 0.25) is 16.0 Å². The topological polar surface area (TPSA) is 161 Å². The molecule has 0 atom stereocenters. The molecule has 1 aliphatic heterocycles. The van der Waals surface area contributed by atoms with Gasteiger partial charge >= 0.3 is 0 Å². The third kappa shape index (κ3) is 4.68. The minimum atomic E-state index is -4.26. The fourth-order valence-electron chi connectivity index (χ4n) is 3.17. The molecule has 0 amide bonds. The number of benzene rings is 1. The van der Waals surface area contributed by atoms with Gasteiger partial charge in [0.05, 0.1) is 27.0 Å². The molecule has 0 unspecified atom stereocenters. The third-order valence-corrected chi connectivity index (χ3v) is 6.19. The first kappa shape index (κ1) is 21.5. The lowest BCUT2D eigenvalue weighted by atomic mass is 10.1. The van der Waals surface area contributed by atoms with E-state index in [-0.39, 0.29) is 12.1 Å². The van der Waals surface area contributed by atoms with Gasteiger partial charge in [-0.15, -0.1) is 0 Å².